The van der Waals surface area contributed by atoms with Gasteiger partial charge in [0.15, 0.2) is 11.5 Å². The molecule has 4 rings (SSSR count). The van der Waals surface area contributed by atoms with Crippen molar-refractivity contribution in [2.24, 2.45) is 0 Å². The molecule has 2 aromatic rings. The minimum atomic E-state index is -0.798. The van der Waals surface area contributed by atoms with E-state index < -0.39 is 17.7 Å². The number of aliphatic hydroxyl groups excluding tert-OH is 1. The van der Waals surface area contributed by atoms with Crippen molar-refractivity contribution in [2.75, 3.05) is 33.5 Å². The molecule has 1 N–H and O–H groups in total. The number of likely N-dealkylation sites (tertiary alicyclic amines) is 1. The molecule has 2 aliphatic heterocycles. The van der Waals surface area contributed by atoms with E-state index in [1.807, 2.05) is 19.9 Å². The number of nitrogens with zero attached hydrogens (tertiary/aromatic N) is 1. The molecule has 0 spiro atoms. The summed E-state index contributed by atoms with van der Waals surface area (Å²) in [7, 11) is 1.58. The quantitative estimate of drug-likeness (QED) is 0.158. The number of ketones is 1. The van der Waals surface area contributed by atoms with Crippen LogP contribution in [-0.2, 0) is 20.7 Å². The van der Waals surface area contributed by atoms with Gasteiger partial charge < -0.3 is 29.0 Å². The molecule has 1 amide bonds. The van der Waals surface area contributed by atoms with E-state index >= 15 is 0 Å². The van der Waals surface area contributed by atoms with Gasteiger partial charge in [-0.25, -0.2) is 0 Å². The molecule has 2 aromatic carbocycles. The minimum absolute atomic E-state index is 0.0385. The van der Waals surface area contributed by atoms with E-state index in [2.05, 4.69) is 6.58 Å². The van der Waals surface area contributed by atoms with Crippen molar-refractivity contribution < 1.29 is 33.6 Å². The molecule has 2 unspecified atom stereocenters. The maximum absolute atomic E-state index is 13.3. The summed E-state index contributed by atoms with van der Waals surface area (Å²) in [6, 6.07) is 9.80. The molecule has 1 saturated heterocycles. The molecule has 0 saturated carbocycles. The number of Topliss-reactive ketones (excluding diaryl/α,β-unsaturated/α-hetero) is 1. The SMILES string of the molecule is C=CCOc1ccc(C2/C(=C(\O)c3ccc4c(c3)CC(C)O4)C(=O)C(=O)N2CCCOC)cc1OCC. The Balaban J connectivity index is 1.81. The number of carbonyl (C=O) groups excluding carboxylic acids is 2. The lowest BCUT2D eigenvalue weighted by Gasteiger charge is -2.26. The van der Waals surface area contributed by atoms with Crippen molar-refractivity contribution in [3.63, 3.8) is 0 Å². The number of fused-ring (bicyclic) bond motifs is 1. The standard InChI is InChI=1S/C29H33NO7/c1-5-13-36-23-11-8-19(17-24(23)35-6-2)26-25(28(32)29(33)30(26)12-7-14-34-4)27(31)20-9-10-22-21(16-20)15-18(3)37-22/h5,8-11,16-18,26,31H,1,6-7,12-15H2,2-4H3/b27-25+. The number of hydrogen-bond donors (Lipinski definition) is 1. The van der Waals surface area contributed by atoms with Crippen LogP contribution < -0.4 is 14.2 Å². The largest absolute Gasteiger partial charge is 0.507 e. The van der Waals surface area contributed by atoms with Crippen molar-refractivity contribution in [2.45, 2.75) is 38.8 Å². The molecular weight excluding hydrogens is 474 g/mol. The lowest BCUT2D eigenvalue weighted by atomic mass is 9.94. The Bertz CT molecular complexity index is 1220. The Kier molecular flexibility index (Phi) is 8.18. The summed E-state index contributed by atoms with van der Waals surface area (Å²) in [5, 5.41) is 11.4. The summed E-state index contributed by atoms with van der Waals surface area (Å²) in [6.07, 6.45) is 2.91. The zero-order valence-corrected chi connectivity index (χ0v) is 21.5. The van der Waals surface area contributed by atoms with E-state index in [9.17, 15) is 14.7 Å². The molecule has 1 fully saturated rings. The van der Waals surface area contributed by atoms with Gasteiger partial charge in [-0.1, -0.05) is 18.7 Å². The van der Waals surface area contributed by atoms with Gasteiger partial charge in [-0.3, -0.25) is 9.59 Å². The van der Waals surface area contributed by atoms with Crippen LogP contribution in [0.15, 0.2) is 54.6 Å². The molecule has 2 heterocycles. The van der Waals surface area contributed by atoms with Gasteiger partial charge in [-0.2, -0.15) is 0 Å². The molecule has 0 aliphatic carbocycles. The van der Waals surface area contributed by atoms with Gasteiger partial charge in [0.05, 0.1) is 18.2 Å². The first-order valence-corrected chi connectivity index (χ1v) is 12.5. The lowest BCUT2D eigenvalue weighted by molar-refractivity contribution is -0.140. The van der Waals surface area contributed by atoms with Crippen LogP contribution in [0.25, 0.3) is 5.76 Å². The highest BCUT2D eigenvalue weighted by Gasteiger charge is 2.46. The second-order valence-corrected chi connectivity index (χ2v) is 9.03. The van der Waals surface area contributed by atoms with Gasteiger partial charge in [-0.05, 0) is 61.7 Å². The van der Waals surface area contributed by atoms with E-state index in [4.69, 9.17) is 18.9 Å². The molecule has 196 valence electrons. The number of rotatable bonds is 11. The predicted molar refractivity (Wildman–Crippen MR) is 139 cm³/mol. The van der Waals surface area contributed by atoms with Crippen molar-refractivity contribution >= 4 is 17.4 Å². The first kappa shape index (κ1) is 26.3. The Morgan fingerprint density at radius 2 is 2.00 bits per heavy atom. The molecule has 0 bridgehead atoms. The Morgan fingerprint density at radius 3 is 2.73 bits per heavy atom. The van der Waals surface area contributed by atoms with E-state index in [1.165, 1.54) is 4.90 Å². The fourth-order valence-electron chi connectivity index (χ4n) is 4.79. The number of amides is 1. The van der Waals surface area contributed by atoms with Gasteiger partial charge in [-0.15, -0.1) is 0 Å². The number of benzene rings is 2. The molecule has 0 radical (unpaired) electrons. The van der Waals surface area contributed by atoms with Gasteiger partial charge >= 0.3 is 0 Å². The molecule has 2 atom stereocenters. The monoisotopic (exact) mass is 507 g/mol. The topological polar surface area (TPSA) is 94.5 Å². The maximum atomic E-state index is 13.3. The summed E-state index contributed by atoms with van der Waals surface area (Å²) in [4.78, 5) is 28.0. The van der Waals surface area contributed by atoms with Crippen molar-refractivity contribution in [1.29, 1.82) is 0 Å². The highest BCUT2D eigenvalue weighted by Crippen LogP contribution is 2.43. The fourth-order valence-corrected chi connectivity index (χ4v) is 4.79. The van der Waals surface area contributed by atoms with Crippen LogP contribution in [0.2, 0.25) is 0 Å². The first-order valence-electron chi connectivity index (χ1n) is 12.5. The summed E-state index contributed by atoms with van der Waals surface area (Å²) in [5.41, 5.74) is 2.08. The number of carbonyl (C=O) groups is 2. The molecule has 0 aromatic heterocycles. The van der Waals surface area contributed by atoms with Crippen LogP contribution in [0.1, 0.15) is 43.0 Å². The number of methoxy groups -OCH3 is 1. The van der Waals surface area contributed by atoms with Gasteiger partial charge in [0.1, 0.15) is 24.2 Å². The smallest absolute Gasteiger partial charge is 0.295 e. The summed E-state index contributed by atoms with van der Waals surface area (Å²) < 4.78 is 22.5. The third kappa shape index (κ3) is 5.34. The Morgan fingerprint density at radius 1 is 1.19 bits per heavy atom. The van der Waals surface area contributed by atoms with Crippen molar-refractivity contribution in [3.8, 4) is 17.2 Å². The van der Waals surface area contributed by atoms with E-state index in [0.717, 1.165) is 11.3 Å². The van der Waals surface area contributed by atoms with Gasteiger partial charge in [0.2, 0.25) is 0 Å². The molecule has 2 aliphatic rings. The highest BCUT2D eigenvalue weighted by atomic mass is 16.5. The van der Waals surface area contributed by atoms with E-state index in [-0.39, 0.29) is 24.0 Å². The number of aliphatic hydroxyl groups is 1. The highest BCUT2D eigenvalue weighted by molar-refractivity contribution is 6.46. The summed E-state index contributed by atoms with van der Waals surface area (Å²) in [6.45, 7) is 8.93. The van der Waals surface area contributed by atoms with Gasteiger partial charge in [0.25, 0.3) is 11.7 Å². The average Bonchev–Trinajstić information content (AvgIpc) is 3.38. The molecular formula is C29H33NO7. The van der Waals surface area contributed by atoms with E-state index in [1.54, 1.807) is 43.5 Å². The average molecular weight is 508 g/mol. The van der Waals surface area contributed by atoms with Crippen molar-refractivity contribution in [3.05, 3.63) is 71.3 Å². The van der Waals surface area contributed by atoms with Crippen LogP contribution in [0.5, 0.6) is 17.2 Å². The fraction of sp³-hybridized carbons (Fsp3) is 0.379. The van der Waals surface area contributed by atoms with Crippen LogP contribution in [0.3, 0.4) is 0 Å². The third-order valence-electron chi connectivity index (χ3n) is 6.40. The molecule has 8 heteroatoms. The van der Waals surface area contributed by atoms with Crippen molar-refractivity contribution in [1.82, 2.24) is 4.90 Å². The zero-order chi connectivity index (χ0) is 26.5. The molecule has 37 heavy (non-hydrogen) atoms. The van der Waals surface area contributed by atoms with Crippen LogP contribution in [-0.4, -0.2) is 61.3 Å². The zero-order valence-electron chi connectivity index (χ0n) is 21.5. The van der Waals surface area contributed by atoms with E-state index in [0.29, 0.717) is 55.3 Å². The first-order chi connectivity index (χ1) is 17.9. The normalized spacial score (nSPS) is 20.0. The lowest BCUT2D eigenvalue weighted by Crippen LogP contribution is -2.31. The Labute approximate surface area is 217 Å². The number of ether oxygens (including phenoxy) is 4. The summed E-state index contributed by atoms with van der Waals surface area (Å²) >= 11 is 0. The van der Waals surface area contributed by atoms with Crippen LogP contribution >= 0.6 is 0 Å². The third-order valence-corrected chi connectivity index (χ3v) is 6.40. The van der Waals surface area contributed by atoms with Gasteiger partial charge in [0, 0.05) is 32.2 Å². The second kappa shape index (κ2) is 11.5. The van der Waals surface area contributed by atoms with Crippen LogP contribution in [0.4, 0.5) is 0 Å². The second-order valence-electron chi connectivity index (χ2n) is 9.03. The molecule has 8 nitrogen and oxygen atoms in total. The summed E-state index contributed by atoms with van der Waals surface area (Å²) in [5.74, 6) is 0.158. The Hall–Kier alpha value is -3.78. The maximum Gasteiger partial charge on any atom is 0.295 e. The number of hydrogen-bond acceptors (Lipinski definition) is 7. The predicted octanol–water partition coefficient (Wildman–Crippen LogP) is 4.43. The van der Waals surface area contributed by atoms with Crippen LogP contribution in [0, 0.1) is 0 Å². The minimum Gasteiger partial charge on any atom is -0.507 e.